The summed E-state index contributed by atoms with van der Waals surface area (Å²) in [6, 6.07) is 25.9. The number of amides is 1. The summed E-state index contributed by atoms with van der Waals surface area (Å²) in [6.45, 7) is 0.910. The highest BCUT2D eigenvalue weighted by Gasteiger charge is 2.16. The van der Waals surface area contributed by atoms with Gasteiger partial charge in [-0.2, -0.15) is 0 Å². The molecule has 142 valence electrons. The average molecular weight is 374 g/mol. The molecule has 0 atom stereocenters. The number of ether oxygens (including phenoxy) is 2. The van der Waals surface area contributed by atoms with Crippen molar-refractivity contribution in [3.63, 3.8) is 0 Å². The van der Waals surface area contributed by atoms with Crippen LogP contribution in [0.5, 0.6) is 11.5 Å². The predicted octanol–water partition coefficient (Wildman–Crippen LogP) is 3.41. The zero-order chi connectivity index (χ0) is 19.2. The van der Waals surface area contributed by atoms with Gasteiger partial charge in [0.15, 0.2) is 11.5 Å². The van der Waals surface area contributed by atoms with E-state index in [0.29, 0.717) is 6.54 Å². The molecule has 5 heteroatoms. The minimum Gasteiger partial charge on any atom is -0.454 e. The molecule has 0 aromatic heterocycles. The number of fused-ring (bicyclic) bond motifs is 1. The second-order valence-corrected chi connectivity index (χ2v) is 6.60. The van der Waals surface area contributed by atoms with E-state index in [4.69, 9.17) is 9.47 Å². The molecule has 3 aromatic rings. The lowest BCUT2D eigenvalue weighted by Crippen LogP contribution is -2.35. The molecule has 1 amide bonds. The van der Waals surface area contributed by atoms with Crippen LogP contribution in [0.15, 0.2) is 78.9 Å². The van der Waals surface area contributed by atoms with Crippen molar-refractivity contribution >= 4 is 5.91 Å². The smallest absolute Gasteiger partial charge is 0.234 e. The summed E-state index contributed by atoms with van der Waals surface area (Å²) in [5.41, 5.74) is 3.22. The first kappa shape index (κ1) is 18.1. The number of hydrogen-bond donors (Lipinski definition) is 2. The molecule has 1 aliphatic heterocycles. The molecular weight excluding hydrogens is 352 g/mol. The van der Waals surface area contributed by atoms with Gasteiger partial charge in [0.1, 0.15) is 0 Å². The van der Waals surface area contributed by atoms with Crippen molar-refractivity contribution in [3.05, 3.63) is 95.6 Å². The summed E-state index contributed by atoms with van der Waals surface area (Å²) in [5, 5.41) is 6.32. The lowest BCUT2D eigenvalue weighted by atomic mass is 9.99. The number of nitrogens with one attached hydrogen (secondary N) is 2. The van der Waals surface area contributed by atoms with Gasteiger partial charge in [0.05, 0.1) is 12.6 Å². The van der Waals surface area contributed by atoms with Crippen molar-refractivity contribution in [2.75, 3.05) is 13.3 Å². The maximum atomic E-state index is 12.4. The Morgan fingerprint density at radius 1 is 0.857 bits per heavy atom. The third-order valence-electron chi connectivity index (χ3n) is 4.66. The van der Waals surface area contributed by atoms with E-state index in [2.05, 4.69) is 34.9 Å². The first-order chi connectivity index (χ1) is 13.8. The lowest BCUT2D eigenvalue weighted by molar-refractivity contribution is -0.120. The van der Waals surface area contributed by atoms with E-state index >= 15 is 0 Å². The Labute approximate surface area is 164 Å². The molecule has 0 aliphatic carbocycles. The topological polar surface area (TPSA) is 59.6 Å². The summed E-state index contributed by atoms with van der Waals surface area (Å²) in [4.78, 5) is 12.4. The van der Waals surface area contributed by atoms with Crippen molar-refractivity contribution in [2.24, 2.45) is 0 Å². The van der Waals surface area contributed by atoms with Crippen molar-refractivity contribution in [3.8, 4) is 11.5 Å². The number of carbonyl (C=O) groups is 1. The van der Waals surface area contributed by atoms with Gasteiger partial charge in [-0.25, -0.2) is 0 Å². The number of benzene rings is 3. The van der Waals surface area contributed by atoms with Gasteiger partial charge in [-0.3, -0.25) is 10.1 Å². The van der Waals surface area contributed by atoms with Crippen LogP contribution in [0.3, 0.4) is 0 Å². The molecule has 1 aliphatic rings. The molecule has 0 radical (unpaired) electrons. The van der Waals surface area contributed by atoms with E-state index in [1.54, 1.807) is 0 Å². The Hall–Kier alpha value is -3.31. The maximum Gasteiger partial charge on any atom is 0.234 e. The van der Waals surface area contributed by atoms with Crippen LogP contribution in [0.2, 0.25) is 0 Å². The van der Waals surface area contributed by atoms with Crippen molar-refractivity contribution in [1.29, 1.82) is 0 Å². The molecule has 5 nitrogen and oxygen atoms in total. The van der Waals surface area contributed by atoms with Crippen LogP contribution >= 0.6 is 0 Å². The fraction of sp³-hybridized carbons (Fsp3) is 0.174. The normalized spacial score (nSPS) is 12.2. The Morgan fingerprint density at radius 3 is 2.18 bits per heavy atom. The third kappa shape index (κ3) is 4.32. The first-order valence-corrected chi connectivity index (χ1v) is 9.28. The van der Waals surface area contributed by atoms with Crippen LogP contribution in [0.4, 0.5) is 0 Å². The van der Waals surface area contributed by atoms with Gasteiger partial charge >= 0.3 is 0 Å². The van der Waals surface area contributed by atoms with Crippen molar-refractivity contribution in [2.45, 2.75) is 12.6 Å². The highest BCUT2D eigenvalue weighted by atomic mass is 16.7. The van der Waals surface area contributed by atoms with Gasteiger partial charge in [-0.1, -0.05) is 66.7 Å². The molecule has 2 N–H and O–H groups in total. The third-order valence-corrected chi connectivity index (χ3v) is 4.66. The number of carbonyl (C=O) groups excluding carboxylic acids is 1. The Kier molecular flexibility index (Phi) is 5.54. The van der Waals surface area contributed by atoms with Crippen molar-refractivity contribution in [1.82, 2.24) is 10.6 Å². The molecular formula is C23H22N2O3. The van der Waals surface area contributed by atoms with Crippen LogP contribution < -0.4 is 20.1 Å². The average Bonchev–Trinajstić information content (AvgIpc) is 3.22. The number of hydrogen-bond acceptors (Lipinski definition) is 4. The van der Waals surface area contributed by atoms with E-state index in [1.807, 2.05) is 54.6 Å². The summed E-state index contributed by atoms with van der Waals surface area (Å²) in [6.07, 6.45) is 0. The van der Waals surface area contributed by atoms with Crippen molar-refractivity contribution < 1.29 is 14.3 Å². The quantitative estimate of drug-likeness (QED) is 0.665. The van der Waals surface area contributed by atoms with Crippen LogP contribution in [-0.2, 0) is 11.3 Å². The fourth-order valence-electron chi connectivity index (χ4n) is 3.23. The zero-order valence-corrected chi connectivity index (χ0v) is 15.4. The van der Waals surface area contributed by atoms with Crippen LogP contribution in [0, 0.1) is 0 Å². The minimum atomic E-state index is -0.0606. The second-order valence-electron chi connectivity index (χ2n) is 6.60. The highest BCUT2D eigenvalue weighted by molar-refractivity contribution is 5.78. The van der Waals surface area contributed by atoms with E-state index in [-0.39, 0.29) is 25.3 Å². The van der Waals surface area contributed by atoms with Gasteiger partial charge < -0.3 is 14.8 Å². The zero-order valence-electron chi connectivity index (χ0n) is 15.4. The minimum absolute atomic E-state index is 0.0429. The van der Waals surface area contributed by atoms with E-state index < -0.39 is 0 Å². The fourth-order valence-corrected chi connectivity index (χ4v) is 3.23. The Balaban J connectivity index is 1.36. The summed E-state index contributed by atoms with van der Waals surface area (Å²) >= 11 is 0. The molecule has 0 unspecified atom stereocenters. The van der Waals surface area contributed by atoms with Gasteiger partial charge in [-0.05, 0) is 28.8 Å². The van der Waals surface area contributed by atoms with E-state index in [0.717, 1.165) is 28.2 Å². The highest BCUT2D eigenvalue weighted by Crippen LogP contribution is 2.32. The molecule has 0 bridgehead atoms. The SMILES string of the molecule is O=C(CNC(c1ccccc1)c1ccccc1)NCc1ccc2c(c1)OCO2. The Morgan fingerprint density at radius 2 is 1.50 bits per heavy atom. The molecule has 4 rings (SSSR count). The largest absolute Gasteiger partial charge is 0.454 e. The van der Waals surface area contributed by atoms with Gasteiger partial charge in [0.25, 0.3) is 0 Å². The summed E-state index contributed by atoms with van der Waals surface area (Å²) in [7, 11) is 0. The van der Waals surface area contributed by atoms with Crippen LogP contribution in [0.25, 0.3) is 0 Å². The maximum absolute atomic E-state index is 12.4. The monoisotopic (exact) mass is 374 g/mol. The summed E-state index contributed by atoms with van der Waals surface area (Å²) in [5.74, 6) is 1.40. The summed E-state index contributed by atoms with van der Waals surface area (Å²) < 4.78 is 10.7. The standard InChI is InChI=1S/C23H22N2O3/c26-22(24-14-17-11-12-20-21(13-17)28-16-27-20)15-25-23(18-7-3-1-4-8-18)19-9-5-2-6-10-19/h1-13,23,25H,14-16H2,(H,24,26). The first-order valence-electron chi connectivity index (χ1n) is 9.28. The van der Waals surface area contributed by atoms with Gasteiger partial charge in [-0.15, -0.1) is 0 Å². The second kappa shape index (κ2) is 8.59. The van der Waals surface area contributed by atoms with E-state index in [9.17, 15) is 4.79 Å². The molecule has 0 fully saturated rings. The molecule has 28 heavy (non-hydrogen) atoms. The molecule has 0 spiro atoms. The molecule has 1 heterocycles. The Bertz CT molecular complexity index is 890. The van der Waals surface area contributed by atoms with E-state index in [1.165, 1.54) is 0 Å². The molecule has 0 saturated heterocycles. The number of rotatable bonds is 7. The van der Waals surface area contributed by atoms with Crippen LogP contribution in [0.1, 0.15) is 22.7 Å². The predicted molar refractivity (Wildman–Crippen MR) is 107 cm³/mol. The molecule has 0 saturated carbocycles. The lowest BCUT2D eigenvalue weighted by Gasteiger charge is -2.19. The van der Waals surface area contributed by atoms with Crippen LogP contribution in [-0.4, -0.2) is 19.2 Å². The van der Waals surface area contributed by atoms with Gasteiger partial charge in [0, 0.05) is 6.54 Å². The van der Waals surface area contributed by atoms with Gasteiger partial charge in [0.2, 0.25) is 12.7 Å². The molecule has 3 aromatic carbocycles.